The van der Waals surface area contributed by atoms with Gasteiger partial charge >= 0.3 is 0 Å². The summed E-state index contributed by atoms with van der Waals surface area (Å²) < 4.78 is 10.9. The molecule has 1 aliphatic heterocycles. The predicted molar refractivity (Wildman–Crippen MR) is 110 cm³/mol. The Hall–Kier alpha value is -2.95. The maximum Gasteiger partial charge on any atom is 0.210 e. The van der Waals surface area contributed by atoms with Crippen LogP contribution in [0.5, 0.6) is 11.5 Å². The van der Waals surface area contributed by atoms with Gasteiger partial charge in [-0.1, -0.05) is 18.2 Å². The van der Waals surface area contributed by atoms with Crippen molar-refractivity contribution in [3.05, 3.63) is 59.3 Å². The Morgan fingerprint density at radius 1 is 1.18 bits per heavy atom. The number of methoxy groups -OCH3 is 2. The van der Waals surface area contributed by atoms with Crippen LogP contribution in [0.4, 0.5) is 0 Å². The molecule has 3 aromatic rings. The molecule has 1 unspecified atom stereocenters. The van der Waals surface area contributed by atoms with Gasteiger partial charge in [0.05, 0.1) is 20.3 Å². The SMILES string of the molecule is COc1cc2c(cc1OC)C(CCCc1c[nH]c3ccccc13)N(C=O)CC2. The molecule has 0 radical (unpaired) electrons. The summed E-state index contributed by atoms with van der Waals surface area (Å²) in [5.74, 6) is 1.47. The molecular formula is C23H26N2O3. The van der Waals surface area contributed by atoms with Gasteiger partial charge in [0.25, 0.3) is 0 Å². The van der Waals surface area contributed by atoms with Gasteiger partial charge in [-0.25, -0.2) is 0 Å². The van der Waals surface area contributed by atoms with Crippen LogP contribution in [0.15, 0.2) is 42.6 Å². The molecular weight excluding hydrogens is 352 g/mol. The zero-order valence-electron chi connectivity index (χ0n) is 16.4. The van der Waals surface area contributed by atoms with Gasteiger partial charge in [0, 0.05) is 23.6 Å². The molecule has 1 aliphatic rings. The lowest BCUT2D eigenvalue weighted by Crippen LogP contribution is -2.34. The summed E-state index contributed by atoms with van der Waals surface area (Å²) in [5, 5.41) is 1.28. The summed E-state index contributed by atoms with van der Waals surface area (Å²) in [6, 6.07) is 12.6. The number of rotatable bonds is 7. The molecule has 1 atom stereocenters. The van der Waals surface area contributed by atoms with Crippen LogP contribution < -0.4 is 9.47 Å². The second-order valence-corrected chi connectivity index (χ2v) is 7.27. The summed E-state index contributed by atoms with van der Waals surface area (Å²) in [6.07, 6.45) is 6.83. The van der Waals surface area contributed by atoms with Crippen LogP contribution in [-0.2, 0) is 17.6 Å². The van der Waals surface area contributed by atoms with Crippen molar-refractivity contribution in [2.75, 3.05) is 20.8 Å². The molecule has 0 saturated heterocycles. The van der Waals surface area contributed by atoms with Gasteiger partial charge in [-0.2, -0.15) is 0 Å². The van der Waals surface area contributed by atoms with Crippen molar-refractivity contribution in [2.45, 2.75) is 31.7 Å². The molecule has 4 rings (SSSR count). The standard InChI is InChI=1S/C23H26N2O3/c1-27-22-12-16-10-11-25(15-26)21(19(16)13-23(22)28-2)9-5-6-17-14-24-20-8-4-3-7-18(17)20/h3-4,7-8,12-15,21,24H,5-6,9-11H2,1-2H3. The summed E-state index contributed by atoms with van der Waals surface area (Å²) >= 11 is 0. The highest BCUT2D eigenvalue weighted by Crippen LogP contribution is 2.39. The molecule has 1 N–H and O–H groups in total. The van der Waals surface area contributed by atoms with Crippen molar-refractivity contribution in [1.82, 2.24) is 9.88 Å². The Bertz CT molecular complexity index is 979. The molecule has 2 aromatic carbocycles. The molecule has 2 heterocycles. The van der Waals surface area contributed by atoms with E-state index in [9.17, 15) is 4.79 Å². The molecule has 0 bridgehead atoms. The molecule has 5 heteroatoms. The number of benzene rings is 2. The molecule has 1 amide bonds. The minimum absolute atomic E-state index is 0.0752. The fourth-order valence-electron chi connectivity index (χ4n) is 4.32. The molecule has 5 nitrogen and oxygen atoms in total. The highest BCUT2D eigenvalue weighted by atomic mass is 16.5. The second-order valence-electron chi connectivity index (χ2n) is 7.27. The highest BCUT2D eigenvalue weighted by molar-refractivity contribution is 5.83. The zero-order valence-corrected chi connectivity index (χ0v) is 16.4. The lowest BCUT2D eigenvalue weighted by atomic mass is 9.89. The van der Waals surface area contributed by atoms with Crippen LogP contribution in [0.3, 0.4) is 0 Å². The number of carbonyl (C=O) groups is 1. The van der Waals surface area contributed by atoms with Gasteiger partial charge in [0.1, 0.15) is 0 Å². The van der Waals surface area contributed by atoms with Crippen LogP contribution in [0, 0.1) is 0 Å². The smallest absolute Gasteiger partial charge is 0.210 e. The first-order valence-corrected chi connectivity index (χ1v) is 9.76. The fraction of sp³-hybridized carbons (Fsp3) is 0.348. The first-order chi connectivity index (χ1) is 13.7. The van der Waals surface area contributed by atoms with Crippen LogP contribution in [-0.4, -0.2) is 37.1 Å². The van der Waals surface area contributed by atoms with E-state index in [0.717, 1.165) is 50.1 Å². The number of nitrogens with one attached hydrogen (secondary N) is 1. The number of carbonyl (C=O) groups excluding carboxylic acids is 1. The van der Waals surface area contributed by atoms with Crippen molar-refractivity contribution >= 4 is 17.3 Å². The molecule has 28 heavy (non-hydrogen) atoms. The first kappa shape index (κ1) is 18.4. The maximum absolute atomic E-state index is 11.7. The van der Waals surface area contributed by atoms with Crippen LogP contribution in [0.25, 0.3) is 10.9 Å². The third kappa shape index (κ3) is 3.33. The van der Waals surface area contributed by atoms with Gasteiger partial charge in [-0.15, -0.1) is 0 Å². The van der Waals surface area contributed by atoms with Crippen molar-refractivity contribution in [2.24, 2.45) is 0 Å². The van der Waals surface area contributed by atoms with E-state index < -0.39 is 0 Å². The molecule has 0 aliphatic carbocycles. The van der Waals surface area contributed by atoms with Crippen molar-refractivity contribution < 1.29 is 14.3 Å². The van der Waals surface area contributed by atoms with Crippen molar-refractivity contribution in [3.63, 3.8) is 0 Å². The Kier molecular flexibility index (Phi) is 5.24. The quantitative estimate of drug-likeness (QED) is 0.625. The van der Waals surface area contributed by atoms with E-state index in [2.05, 4.69) is 35.4 Å². The lowest BCUT2D eigenvalue weighted by molar-refractivity contribution is -0.120. The minimum atomic E-state index is 0.0752. The summed E-state index contributed by atoms with van der Waals surface area (Å²) in [6.45, 7) is 0.740. The number of H-pyrrole nitrogens is 1. The normalized spacial score (nSPS) is 16.1. The number of ether oxygens (including phenoxy) is 2. The lowest BCUT2D eigenvalue weighted by Gasteiger charge is -2.35. The fourth-order valence-corrected chi connectivity index (χ4v) is 4.32. The number of amides is 1. The van der Waals surface area contributed by atoms with Gasteiger partial charge in [-0.3, -0.25) is 4.79 Å². The molecule has 1 aromatic heterocycles. The Balaban J connectivity index is 1.55. The molecule has 146 valence electrons. The Morgan fingerprint density at radius 3 is 2.75 bits per heavy atom. The monoisotopic (exact) mass is 378 g/mol. The second kappa shape index (κ2) is 7.97. The summed E-state index contributed by atoms with van der Waals surface area (Å²) in [5.41, 5.74) is 4.92. The van der Waals surface area contributed by atoms with Gasteiger partial charge in [0.2, 0.25) is 6.41 Å². The topological polar surface area (TPSA) is 54.6 Å². The molecule has 0 spiro atoms. The average Bonchev–Trinajstić information content (AvgIpc) is 3.16. The summed E-state index contributed by atoms with van der Waals surface area (Å²) in [7, 11) is 3.31. The van der Waals surface area contributed by atoms with E-state index in [1.807, 2.05) is 17.0 Å². The highest BCUT2D eigenvalue weighted by Gasteiger charge is 2.28. The van der Waals surface area contributed by atoms with Crippen LogP contribution in [0.2, 0.25) is 0 Å². The number of para-hydroxylation sites is 1. The largest absolute Gasteiger partial charge is 0.493 e. The van der Waals surface area contributed by atoms with E-state index in [-0.39, 0.29) is 6.04 Å². The van der Waals surface area contributed by atoms with E-state index in [1.54, 1.807) is 14.2 Å². The van der Waals surface area contributed by atoms with E-state index in [0.29, 0.717) is 0 Å². The van der Waals surface area contributed by atoms with Crippen molar-refractivity contribution in [3.8, 4) is 11.5 Å². The number of nitrogens with zero attached hydrogens (tertiary/aromatic N) is 1. The Morgan fingerprint density at radius 2 is 1.96 bits per heavy atom. The number of fused-ring (bicyclic) bond motifs is 2. The third-order valence-corrected chi connectivity index (χ3v) is 5.78. The van der Waals surface area contributed by atoms with Gasteiger partial charge in [0.15, 0.2) is 11.5 Å². The molecule has 0 saturated carbocycles. The number of hydrogen-bond acceptors (Lipinski definition) is 3. The maximum atomic E-state index is 11.7. The third-order valence-electron chi connectivity index (χ3n) is 5.78. The molecule has 0 fully saturated rings. The zero-order chi connectivity index (χ0) is 19.5. The number of aromatic nitrogens is 1. The summed E-state index contributed by atoms with van der Waals surface area (Å²) in [4.78, 5) is 17.0. The Labute approximate surface area is 165 Å². The van der Waals surface area contributed by atoms with E-state index in [1.165, 1.54) is 27.6 Å². The van der Waals surface area contributed by atoms with Gasteiger partial charge in [-0.05, 0) is 60.6 Å². The number of aryl methyl sites for hydroxylation is 1. The van der Waals surface area contributed by atoms with Crippen LogP contribution in [0.1, 0.15) is 35.6 Å². The van der Waals surface area contributed by atoms with Crippen molar-refractivity contribution in [1.29, 1.82) is 0 Å². The van der Waals surface area contributed by atoms with Crippen LogP contribution >= 0.6 is 0 Å². The predicted octanol–water partition coefficient (Wildman–Crippen LogP) is 4.26. The van der Waals surface area contributed by atoms with E-state index in [4.69, 9.17) is 9.47 Å². The van der Waals surface area contributed by atoms with Gasteiger partial charge < -0.3 is 19.4 Å². The number of hydrogen-bond donors (Lipinski definition) is 1. The minimum Gasteiger partial charge on any atom is -0.493 e. The average molecular weight is 378 g/mol. The first-order valence-electron chi connectivity index (χ1n) is 9.76. The number of aromatic amines is 1. The van der Waals surface area contributed by atoms with E-state index >= 15 is 0 Å².